The Hall–Kier alpha value is -2.06. The molecule has 0 atom stereocenters. The second-order valence-corrected chi connectivity index (χ2v) is 4.62. The summed E-state index contributed by atoms with van der Waals surface area (Å²) in [7, 11) is 0. The summed E-state index contributed by atoms with van der Waals surface area (Å²) in [6.07, 6.45) is 1.70. The predicted molar refractivity (Wildman–Crippen MR) is 77.5 cm³/mol. The van der Waals surface area contributed by atoms with Crippen molar-refractivity contribution in [3.63, 3.8) is 0 Å². The van der Waals surface area contributed by atoms with Crippen LogP contribution in [0.4, 0.5) is 0 Å². The van der Waals surface area contributed by atoms with Crippen LogP contribution in [0.1, 0.15) is 5.56 Å². The number of aromatic nitrogens is 1. The zero-order valence-electron chi connectivity index (χ0n) is 10.2. The van der Waals surface area contributed by atoms with Crippen LogP contribution in [0.5, 0.6) is 5.75 Å². The van der Waals surface area contributed by atoms with Gasteiger partial charge >= 0.3 is 0 Å². The summed E-state index contributed by atoms with van der Waals surface area (Å²) in [6, 6.07) is 17.8. The third-order valence-corrected chi connectivity index (χ3v) is 3.24. The summed E-state index contributed by atoms with van der Waals surface area (Å²) in [6.45, 7) is 0.561. The average molecular weight is 270 g/mol. The van der Waals surface area contributed by atoms with Crippen LogP contribution in [-0.2, 0) is 6.61 Å². The van der Waals surface area contributed by atoms with Gasteiger partial charge in [0.1, 0.15) is 17.5 Å². The van der Waals surface area contributed by atoms with E-state index in [9.17, 15) is 0 Å². The molecule has 0 unspecified atom stereocenters. The lowest BCUT2D eigenvalue weighted by atomic mass is 10.2. The van der Waals surface area contributed by atoms with Crippen molar-refractivity contribution in [3.05, 3.63) is 71.5 Å². The molecule has 0 amide bonds. The lowest BCUT2D eigenvalue weighted by molar-refractivity contribution is 0.306. The molecule has 0 fully saturated rings. The highest BCUT2D eigenvalue weighted by Crippen LogP contribution is 2.25. The minimum Gasteiger partial charge on any atom is -0.489 e. The minimum absolute atomic E-state index is 0.520. The monoisotopic (exact) mass is 269 g/mol. The molecule has 0 saturated heterocycles. The lowest BCUT2D eigenvalue weighted by Gasteiger charge is -2.07. The van der Waals surface area contributed by atoms with Crippen molar-refractivity contribution in [2.75, 3.05) is 0 Å². The number of halogens is 1. The van der Waals surface area contributed by atoms with Gasteiger partial charge in [-0.2, -0.15) is 0 Å². The van der Waals surface area contributed by atoms with Gasteiger partial charge in [0.05, 0.1) is 0 Å². The van der Waals surface area contributed by atoms with Gasteiger partial charge in [0, 0.05) is 11.6 Å². The maximum Gasteiger partial charge on any atom is 0.136 e. The van der Waals surface area contributed by atoms with E-state index < -0.39 is 0 Å². The summed E-state index contributed by atoms with van der Waals surface area (Å²) in [4.78, 5) is 4.06. The van der Waals surface area contributed by atoms with E-state index in [2.05, 4.69) is 4.98 Å². The fourth-order valence-electron chi connectivity index (χ4n) is 1.95. The number of hydrogen-bond donors (Lipinski definition) is 0. The maximum atomic E-state index is 6.03. The van der Waals surface area contributed by atoms with Crippen molar-refractivity contribution in [2.24, 2.45) is 0 Å². The quantitative estimate of drug-likeness (QED) is 0.655. The Kier molecular flexibility index (Phi) is 3.34. The first kappa shape index (κ1) is 12.0. The summed E-state index contributed by atoms with van der Waals surface area (Å²) < 4.78 is 5.78. The number of benzene rings is 2. The Morgan fingerprint density at radius 2 is 1.84 bits per heavy atom. The summed E-state index contributed by atoms with van der Waals surface area (Å²) in [5, 5.41) is 2.49. The molecule has 0 spiro atoms. The summed E-state index contributed by atoms with van der Waals surface area (Å²) >= 11 is 6.03. The topological polar surface area (TPSA) is 22.1 Å². The maximum absolute atomic E-state index is 6.03. The molecule has 0 radical (unpaired) electrons. The van der Waals surface area contributed by atoms with E-state index >= 15 is 0 Å². The van der Waals surface area contributed by atoms with Crippen molar-refractivity contribution in [1.82, 2.24) is 4.98 Å². The molecule has 94 valence electrons. The van der Waals surface area contributed by atoms with Crippen LogP contribution < -0.4 is 4.74 Å². The lowest BCUT2D eigenvalue weighted by Crippen LogP contribution is -1.94. The molecule has 2 aromatic carbocycles. The molecule has 0 aliphatic rings. The Bertz CT molecular complexity index is 697. The second kappa shape index (κ2) is 5.29. The van der Waals surface area contributed by atoms with Gasteiger partial charge in [-0.1, -0.05) is 41.9 Å². The van der Waals surface area contributed by atoms with Gasteiger partial charge in [-0.25, -0.2) is 4.98 Å². The molecule has 3 aromatic rings. The standard InChI is InChI=1S/C16H12ClNO/c17-16-15-7-6-14(10-13(15)8-9-18-16)19-11-12-4-2-1-3-5-12/h1-10H,11H2. The van der Waals surface area contributed by atoms with E-state index in [-0.39, 0.29) is 0 Å². The normalized spacial score (nSPS) is 10.6. The van der Waals surface area contributed by atoms with E-state index in [0.29, 0.717) is 11.8 Å². The summed E-state index contributed by atoms with van der Waals surface area (Å²) in [5.74, 6) is 0.832. The van der Waals surface area contributed by atoms with Gasteiger partial charge in [-0.15, -0.1) is 0 Å². The van der Waals surface area contributed by atoms with Crippen LogP contribution in [0, 0.1) is 0 Å². The molecule has 1 heterocycles. The molecule has 3 rings (SSSR count). The zero-order chi connectivity index (χ0) is 13.1. The van der Waals surface area contributed by atoms with E-state index in [1.807, 2.05) is 54.6 Å². The van der Waals surface area contributed by atoms with Crippen LogP contribution in [0.3, 0.4) is 0 Å². The fraction of sp³-hybridized carbons (Fsp3) is 0.0625. The Morgan fingerprint density at radius 1 is 1.00 bits per heavy atom. The molecule has 3 heteroatoms. The number of rotatable bonds is 3. The Labute approximate surface area is 116 Å². The van der Waals surface area contributed by atoms with Gasteiger partial charge in [-0.3, -0.25) is 0 Å². The minimum atomic E-state index is 0.520. The highest BCUT2D eigenvalue weighted by molar-refractivity contribution is 6.34. The zero-order valence-corrected chi connectivity index (χ0v) is 11.0. The molecule has 19 heavy (non-hydrogen) atoms. The highest BCUT2D eigenvalue weighted by atomic mass is 35.5. The number of fused-ring (bicyclic) bond motifs is 1. The van der Waals surface area contributed by atoms with E-state index in [4.69, 9.17) is 16.3 Å². The second-order valence-electron chi connectivity index (χ2n) is 4.26. The average Bonchev–Trinajstić information content (AvgIpc) is 2.46. The number of hydrogen-bond acceptors (Lipinski definition) is 2. The first-order valence-corrected chi connectivity index (χ1v) is 6.42. The molecule has 0 bridgehead atoms. The van der Waals surface area contributed by atoms with E-state index in [1.165, 1.54) is 0 Å². The van der Waals surface area contributed by atoms with Crippen LogP contribution >= 0.6 is 11.6 Å². The number of pyridine rings is 1. The molecular weight excluding hydrogens is 258 g/mol. The molecule has 1 aromatic heterocycles. The van der Waals surface area contributed by atoms with Crippen molar-refractivity contribution in [3.8, 4) is 5.75 Å². The smallest absolute Gasteiger partial charge is 0.136 e. The molecular formula is C16H12ClNO. The fourth-order valence-corrected chi connectivity index (χ4v) is 2.18. The summed E-state index contributed by atoms with van der Waals surface area (Å²) in [5.41, 5.74) is 1.15. The largest absolute Gasteiger partial charge is 0.489 e. The number of ether oxygens (including phenoxy) is 1. The third kappa shape index (κ3) is 2.69. The Morgan fingerprint density at radius 3 is 2.68 bits per heavy atom. The molecule has 2 nitrogen and oxygen atoms in total. The van der Waals surface area contributed by atoms with Gasteiger partial charge in [0.2, 0.25) is 0 Å². The van der Waals surface area contributed by atoms with Crippen LogP contribution in [-0.4, -0.2) is 4.98 Å². The van der Waals surface area contributed by atoms with E-state index in [1.54, 1.807) is 6.20 Å². The van der Waals surface area contributed by atoms with Crippen molar-refractivity contribution < 1.29 is 4.74 Å². The van der Waals surface area contributed by atoms with Crippen molar-refractivity contribution in [1.29, 1.82) is 0 Å². The van der Waals surface area contributed by atoms with Crippen molar-refractivity contribution in [2.45, 2.75) is 6.61 Å². The van der Waals surface area contributed by atoms with Crippen LogP contribution in [0.15, 0.2) is 60.8 Å². The predicted octanol–water partition coefficient (Wildman–Crippen LogP) is 4.47. The van der Waals surface area contributed by atoms with E-state index in [0.717, 1.165) is 22.1 Å². The number of nitrogens with zero attached hydrogens (tertiary/aromatic N) is 1. The highest BCUT2D eigenvalue weighted by Gasteiger charge is 2.02. The van der Waals surface area contributed by atoms with Gasteiger partial charge in [-0.05, 0) is 35.2 Å². The Balaban J connectivity index is 1.82. The van der Waals surface area contributed by atoms with Crippen molar-refractivity contribution >= 4 is 22.4 Å². The first-order chi connectivity index (χ1) is 9.33. The van der Waals surface area contributed by atoms with Crippen LogP contribution in [0.25, 0.3) is 10.8 Å². The SMILES string of the molecule is Clc1nccc2cc(OCc3ccccc3)ccc12. The molecule has 0 aliphatic heterocycles. The molecule has 0 aliphatic carbocycles. The molecule has 0 N–H and O–H groups in total. The van der Waals surface area contributed by atoms with Gasteiger partial charge in [0.25, 0.3) is 0 Å². The van der Waals surface area contributed by atoms with Crippen LogP contribution in [0.2, 0.25) is 5.15 Å². The third-order valence-electron chi connectivity index (χ3n) is 2.94. The molecule has 0 saturated carbocycles. The van der Waals surface area contributed by atoms with Gasteiger partial charge in [0.15, 0.2) is 0 Å². The van der Waals surface area contributed by atoms with Gasteiger partial charge < -0.3 is 4.74 Å². The first-order valence-electron chi connectivity index (χ1n) is 6.04.